The molecule has 1 aromatic carbocycles. The molecule has 3 rings (SSSR count). The number of hydrogen-bond donors (Lipinski definition) is 0. The minimum atomic E-state index is 0.703. The highest BCUT2D eigenvalue weighted by atomic mass is 16.5. The second-order valence-electron chi connectivity index (χ2n) is 5.70. The van der Waals surface area contributed by atoms with Crippen LogP contribution in [0.15, 0.2) is 24.3 Å². The topological polar surface area (TPSA) is 12.5 Å². The van der Waals surface area contributed by atoms with Gasteiger partial charge in [-0.15, -0.1) is 0 Å². The van der Waals surface area contributed by atoms with Gasteiger partial charge >= 0.3 is 0 Å². The van der Waals surface area contributed by atoms with Gasteiger partial charge < -0.3 is 4.74 Å². The molecule has 0 bridgehead atoms. The first-order valence-corrected chi connectivity index (χ1v) is 7.25. The molecule has 2 atom stereocenters. The van der Waals surface area contributed by atoms with Crippen molar-refractivity contribution < 1.29 is 4.74 Å². The molecular formula is C16H23NO. The molecule has 2 nitrogen and oxygen atoms in total. The number of hydrogen-bond acceptors (Lipinski definition) is 2. The van der Waals surface area contributed by atoms with Crippen LogP contribution in [-0.4, -0.2) is 31.1 Å². The molecule has 2 heterocycles. The van der Waals surface area contributed by atoms with Crippen LogP contribution in [-0.2, 0) is 0 Å². The van der Waals surface area contributed by atoms with E-state index in [1.54, 1.807) is 7.11 Å². The van der Waals surface area contributed by atoms with Crippen molar-refractivity contribution >= 4 is 0 Å². The molecule has 98 valence electrons. The predicted molar refractivity (Wildman–Crippen MR) is 74.2 cm³/mol. The number of methoxy groups -OCH3 is 1. The number of ether oxygens (including phenoxy) is 1. The van der Waals surface area contributed by atoms with Gasteiger partial charge in [-0.2, -0.15) is 0 Å². The van der Waals surface area contributed by atoms with Gasteiger partial charge in [-0.25, -0.2) is 0 Å². The minimum absolute atomic E-state index is 0.703. The summed E-state index contributed by atoms with van der Waals surface area (Å²) in [6.45, 7) is 2.56. The Bertz CT molecular complexity index is 404. The summed E-state index contributed by atoms with van der Waals surface area (Å²) in [5.41, 5.74) is 1.46. The van der Waals surface area contributed by atoms with Gasteiger partial charge in [0, 0.05) is 12.6 Å². The lowest BCUT2D eigenvalue weighted by Crippen LogP contribution is -2.45. The maximum absolute atomic E-state index is 5.34. The lowest BCUT2D eigenvalue weighted by molar-refractivity contribution is 0.0959. The van der Waals surface area contributed by atoms with E-state index in [9.17, 15) is 0 Å². The first kappa shape index (κ1) is 12.0. The fourth-order valence-electron chi connectivity index (χ4n) is 3.56. The van der Waals surface area contributed by atoms with E-state index in [1.807, 2.05) is 6.07 Å². The maximum atomic E-state index is 5.34. The van der Waals surface area contributed by atoms with Crippen molar-refractivity contribution in [2.75, 3.05) is 20.2 Å². The molecule has 0 spiro atoms. The zero-order valence-corrected chi connectivity index (χ0v) is 11.3. The van der Waals surface area contributed by atoms with E-state index in [4.69, 9.17) is 4.74 Å². The zero-order chi connectivity index (χ0) is 12.4. The average Bonchev–Trinajstić information content (AvgIpc) is 2.47. The molecule has 0 unspecified atom stereocenters. The van der Waals surface area contributed by atoms with Crippen LogP contribution in [0.1, 0.15) is 43.6 Å². The normalized spacial score (nSPS) is 28.7. The smallest absolute Gasteiger partial charge is 0.119 e. The molecule has 0 aromatic heterocycles. The van der Waals surface area contributed by atoms with E-state index >= 15 is 0 Å². The van der Waals surface area contributed by atoms with Gasteiger partial charge in [0.1, 0.15) is 5.75 Å². The van der Waals surface area contributed by atoms with Crippen molar-refractivity contribution in [2.45, 2.75) is 44.1 Å². The standard InChI is InChI=1S/C16H23NO/c1-18-16-7-4-5-13(11-16)14-8-9-15-6-2-3-10-17(15)12-14/h4-5,7,11,14-15H,2-3,6,8-10,12H2,1H3/t14-,15+/m1/s1. The van der Waals surface area contributed by atoms with Gasteiger partial charge in [-0.3, -0.25) is 4.90 Å². The Morgan fingerprint density at radius 1 is 1.17 bits per heavy atom. The lowest BCUT2D eigenvalue weighted by Gasteiger charge is -2.42. The van der Waals surface area contributed by atoms with E-state index in [2.05, 4.69) is 23.1 Å². The van der Waals surface area contributed by atoms with E-state index in [0.717, 1.165) is 11.8 Å². The Hall–Kier alpha value is -1.02. The quantitative estimate of drug-likeness (QED) is 0.791. The summed E-state index contributed by atoms with van der Waals surface area (Å²) in [5, 5.41) is 0. The van der Waals surface area contributed by atoms with E-state index in [-0.39, 0.29) is 0 Å². The number of rotatable bonds is 2. The minimum Gasteiger partial charge on any atom is -0.497 e. The highest BCUT2D eigenvalue weighted by Crippen LogP contribution is 2.34. The summed E-state index contributed by atoms with van der Waals surface area (Å²) in [6.07, 6.45) is 6.97. The molecule has 0 radical (unpaired) electrons. The molecular weight excluding hydrogens is 222 g/mol. The monoisotopic (exact) mass is 245 g/mol. The fraction of sp³-hybridized carbons (Fsp3) is 0.625. The van der Waals surface area contributed by atoms with Crippen LogP contribution >= 0.6 is 0 Å². The van der Waals surface area contributed by atoms with Crippen LogP contribution in [0.4, 0.5) is 0 Å². The van der Waals surface area contributed by atoms with Crippen LogP contribution in [0.2, 0.25) is 0 Å². The van der Waals surface area contributed by atoms with Crippen LogP contribution in [0.5, 0.6) is 5.75 Å². The zero-order valence-electron chi connectivity index (χ0n) is 11.3. The Kier molecular flexibility index (Phi) is 3.55. The molecule has 2 heteroatoms. The Balaban J connectivity index is 1.72. The average molecular weight is 245 g/mol. The number of benzene rings is 1. The van der Waals surface area contributed by atoms with Crippen molar-refractivity contribution in [3.05, 3.63) is 29.8 Å². The fourth-order valence-corrected chi connectivity index (χ4v) is 3.56. The van der Waals surface area contributed by atoms with Crippen LogP contribution in [0, 0.1) is 0 Å². The molecule has 1 aromatic rings. The van der Waals surface area contributed by atoms with Crippen LogP contribution in [0.25, 0.3) is 0 Å². The van der Waals surface area contributed by atoms with E-state index in [0.29, 0.717) is 5.92 Å². The maximum Gasteiger partial charge on any atom is 0.119 e. The summed E-state index contributed by atoms with van der Waals surface area (Å²) >= 11 is 0. The predicted octanol–water partition coefficient (Wildman–Crippen LogP) is 3.43. The third-order valence-electron chi connectivity index (χ3n) is 4.62. The number of fused-ring (bicyclic) bond motifs is 1. The highest BCUT2D eigenvalue weighted by molar-refractivity contribution is 5.31. The van der Waals surface area contributed by atoms with Crippen molar-refractivity contribution in [1.29, 1.82) is 0 Å². The summed E-state index contributed by atoms with van der Waals surface area (Å²) in [7, 11) is 1.75. The van der Waals surface area contributed by atoms with Gasteiger partial charge in [-0.1, -0.05) is 18.6 Å². The Morgan fingerprint density at radius 2 is 2.11 bits per heavy atom. The van der Waals surface area contributed by atoms with Gasteiger partial charge in [0.05, 0.1) is 7.11 Å². The van der Waals surface area contributed by atoms with Crippen molar-refractivity contribution in [3.63, 3.8) is 0 Å². The summed E-state index contributed by atoms with van der Waals surface area (Å²) in [6, 6.07) is 9.51. The molecule has 2 fully saturated rings. The first-order valence-electron chi connectivity index (χ1n) is 7.25. The number of nitrogens with zero attached hydrogens (tertiary/aromatic N) is 1. The van der Waals surface area contributed by atoms with Crippen molar-refractivity contribution in [3.8, 4) is 5.75 Å². The second-order valence-corrected chi connectivity index (χ2v) is 5.70. The second kappa shape index (κ2) is 5.31. The largest absolute Gasteiger partial charge is 0.497 e. The molecule has 0 amide bonds. The molecule has 18 heavy (non-hydrogen) atoms. The molecule has 0 saturated carbocycles. The third-order valence-corrected chi connectivity index (χ3v) is 4.62. The van der Waals surface area contributed by atoms with E-state index in [1.165, 1.54) is 50.8 Å². The summed E-state index contributed by atoms with van der Waals surface area (Å²) in [4.78, 5) is 2.72. The van der Waals surface area contributed by atoms with Crippen molar-refractivity contribution in [1.82, 2.24) is 4.90 Å². The Morgan fingerprint density at radius 3 is 3.00 bits per heavy atom. The third kappa shape index (κ3) is 2.39. The molecule has 2 aliphatic rings. The van der Waals surface area contributed by atoms with Gasteiger partial charge in [0.2, 0.25) is 0 Å². The number of piperidine rings is 2. The van der Waals surface area contributed by atoms with Gasteiger partial charge in [0.15, 0.2) is 0 Å². The van der Waals surface area contributed by atoms with Crippen LogP contribution < -0.4 is 4.74 Å². The lowest BCUT2D eigenvalue weighted by atomic mass is 9.84. The van der Waals surface area contributed by atoms with Crippen LogP contribution in [0.3, 0.4) is 0 Å². The molecule has 2 aliphatic heterocycles. The SMILES string of the molecule is COc1cccc([C@@H]2CC[C@@H]3CCCCN3C2)c1. The van der Waals surface area contributed by atoms with Gasteiger partial charge in [0.25, 0.3) is 0 Å². The summed E-state index contributed by atoms with van der Waals surface area (Å²) < 4.78 is 5.34. The molecule has 0 aliphatic carbocycles. The van der Waals surface area contributed by atoms with Gasteiger partial charge in [-0.05, 0) is 55.8 Å². The first-order chi connectivity index (χ1) is 8.86. The van der Waals surface area contributed by atoms with Crippen molar-refractivity contribution in [2.24, 2.45) is 0 Å². The summed E-state index contributed by atoms with van der Waals surface area (Å²) in [5.74, 6) is 1.70. The van der Waals surface area contributed by atoms with E-state index < -0.39 is 0 Å². The molecule has 0 N–H and O–H groups in total. The molecule has 2 saturated heterocycles. The Labute approximate surface area is 110 Å². The highest BCUT2D eigenvalue weighted by Gasteiger charge is 2.30.